The van der Waals surface area contributed by atoms with Crippen LogP contribution in [0.5, 0.6) is 0 Å². The van der Waals surface area contributed by atoms with Gasteiger partial charge in [0.25, 0.3) is 0 Å². The van der Waals surface area contributed by atoms with Crippen molar-refractivity contribution in [1.82, 2.24) is 39.9 Å². The van der Waals surface area contributed by atoms with Crippen LogP contribution in [0.2, 0.25) is 5.02 Å². The fourth-order valence-electron chi connectivity index (χ4n) is 16.3. The summed E-state index contributed by atoms with van der Waals surface area (Å²) in [6.45, 7) is 8.30. The van der Waals surface area contributed by atoms with E-state index in [4.69, 9.17) is 55.8 Å². The molecule has 0 unspecified atom stereocenters. The quantitative estimate of drug-likeness (QED) is 0.0768. The zero-order valence-electron chi connectivity index (χ0n) is 72.2. The van der Waals surface area contributed by atoms with Crippen molar-refractivity contribution in [3.63, 3.8) is 0 Å². The monoisotopic (exact) mass is 1690 g/mol. The van der Waals surface area contributed by atoms with Gasteiger partial charge >= 0.3 is 7.12 Å². The summed E-state index contributed by atoms with van der Waals surface area (Å²) in [7, 11) is -0.547. The largest absolute Gasteiger partial charge is 0.494 e. The van der Waals surface area contributed by atoms with E-state index >= 15 is 0 Å². The zero-order chi connectivity index (χ0) is 88.2. The van der Waals surface area contributed by atoms with Gasteiger partial charge < -0.3 is 9.31 Å². The molecule has 1 aliphatic heterocycles. The Morgan fingerprint density at radius 2 is 0.415 bits per heavy atom. The second-order valence-electron chi connectivity index (χ2n) is 32.9. The predicted octanol–water partition coefficient (Wildman–Crippen LogP) is 29.5. The van der Waals surface area contributed by atoms with Crippen LogP contribution in [0.15, 0.2) is 461 Å². The van der Waals surface area contributed by atoms with Crippen LogP contribution >= 0.6 is 11.6 Å². The van der Waals surface area contributed by atoms with Gasteiger partial charge in [-0.1, -0.05) is 418 Å². The topological polar surface area (TPSA) is 122 Å². The summed E-state index contributed by atoms with van der Waals surface area (Å²) in [5.74, 6) is 3.57. The molecular formula is C118H88BClN8O2. The van der Waals surface area contributed by atoms with Crippen LogP contribution < -0.4 is 5.46 Å². The van der Waals surface area contributed by atoms with Gasteiger partial charge in [0.15, 0.2) is 34.9 Å². The first-order chi connectivity index (χ1) is 63.8. The maximum absolute atomic E-state index is 6.54. The molecule has 21 rings (SSSR count). The van der Waals surface area contributed by atoms with E-state index in [1.54, 1.807) is 6.20 Å². The Hall–Kier alpha value is -15.9. The van der Waals surface area contributed by atoms with Crippen LogP contribution in [-0.2, 0) is 9.31 Å². The van der Waals surface area contributed by atoms with Crippen LogP contribution in [-0.4, -0.2) is 58.2 Å². The standard InChI is InChI=1S/C56H38N4.C45H38BN3O2.C17H12ClN/c1-5-16-39(17-6-1)42-27-31-45(32-28-42)54-58-55(46-33-29-43(30-34-46)40-18-7-2-8-19-40)60-56(59-54)49-37-47(41-20-9-3-10-21-41)36-48(38-49)51-26-15-35-57-53(51)52-25-14-13-24-50(52)44-22-11-4-12-23-44;1-44(2)45(3,4)51-46(50-44)40-29-38(33-18-12-7-13-19-33)28-39(30-40)43-48-41(36-24-20-34(21-25-36)31-14-8-5-9-15-31)47-42(49-43)37-26-22-35(23-27-37)32-16-10-6-11-17-32;18-16-11-6-12-19-17(16)15-10-5-4-9-14(15)13-7-2-1-3-8-13/h1-38H;5-30H,1-4H3;1-12H. The highest BCUT2D eigenvalue weighted by Crippen LogP contribution is 2.43. The third kappa shape index (κ3) is 18.8. The van der Waals surface area contributed by atoms with Crippen molar-refractivity contribution >= 4 is 24.2 Å². The normalized spacial score (nSPS) is 12.4. The van der Waals surface area contributed by atoms with Gasteiger partial charge in [-0.3, -0.25) is 9.97 Å². The van der Waals surface area contributed by atoms with E-state index < -0.39 is 18.3 Å². The Bertz CT molecular complexity index is 7080. The molecule has 0 amide bonds. The van der Waals surface area contributed by atoms with Gasteiger partial charge in [0.2, 0.25) is 0 Å². The summed E-state index contributed by atoms with van der Waals surface area (Å²) in [5.41, 5.74) is 29.2. The lowest BCUT2D eigenvalue weighted by molar-refractivity contribution is 0.00578. The Labute approximate surface area is 764 Å². The summed E-state index contributed by atoms with van der Waals surface area (Å²) >= 11 is 6.26. The number of benzene rings is 16. The maximum atomic E-state index is 6.54. The molecule has 1 fully saturated rings. The molecule has 16 aromatic carbocycles. The molecule has 1 aliphatic rings. The third-order valence-corrected chi connectivity index (χ3v) is 24.1. The average Bonchev–Trinajstić information content (AvgIpc) is 1.53. The first kappa shape index (κ1) is 83.7. The van der Waals surface area contributed by atoms with Crippen LogP contribution in [0.3, 0.4) is 0 Å². The minimum absolute atomic E-state index is 0.480. The molecule has 1 saturated heterocycles. The fourth-order valence-corrected chi connectivity index (χ4v) is 16.5. The fraction of sp³-hybridized carbons (Fsp3) is 0.0508. The van der Waals surface area contributed by atoms with Gasteiger partial charge in [0.05, 0.1) is 27.6 Å². The number of pyridine rings is 2. The van der Waals surface area contributed by atoms with Gasteiger partial charge in [-0.25, -0.2) is 29.9 Å². The van der Waals surface area contributed by atoms with Gasteiger partial charge in [-0.15, -0.1) is 0 Å². The Morgan fingerprint density at radius 3 is 0.754 bits per heavy atom. The lowest BCUT2D eigenvalue weighted by Gasteiger charge is -2.32. The lowest BCUT2D eigenvalue weighted by Crippen LogP contribution is -2.41. The number of halogens is 1. The van der Waals surface area contributed by atoms with Crippen LogP contribution in [0, 0.1) is 0 Å². The molecule has 622 valence electrons. The number of hydrogen-bond donors (Lipinski definition) is 0. The minimum Gasteiger partial charge on any atom is -0.399 e. The predicted molar refractivity (Wildman–Crippen MR) is 535 cm³/mol. The van der Waals surface area contributed by atoms with Crippen molar-refractivity contribution in [3.8, 4) is 191 Å². The number of aromatic nitrogens is 8. The van der Waals surface area contributed by atoms with E-state index in [0.29, 0.717) is 40.0 Å². The Kier molecular flexibility index (Phi) is 24.5. The molecule has 0 saturated carbocycles. The smallest absolute Gasteiger partial charge is 0.399 e. The number of hydrogen-bond acceptors (Lipinski definition) is 10. The molecule has 12 heteroatoms. The van der Waals surface area contributed by atoms with Gasteiger partial charge in [0, 0.05) is 62.5 Å². The molecule has 5 heterocycles. The lowest BCUT2D eigenvalue weighted by atomic mass is 9.77. The van der Waals surface area contributed by atoms with Crippen LogP contribution in [0.25, 0.3) is 191 Å². The Balaban J connectivity index is 0.000000141. The van der Waals surface area contributed by atoms with Crippen LogP contribution in [0.1, 0.15) is 27.7 Å². The molecule has 0 atom stereocenters. The third-order valence-electron chi connectivity index (χ3n) is 23.8. The summed E-state index contributed by atoms with van der Waals surface area (Å²) in [6.07, 6.45) is 3.64. The maximum Gasteiger partial charge on any atom is 0.494 e. The summed E-state index contributed by atoms with van der Waals surface area (Å²) in [4.78, 5) is 40.3. The summed E-state index contributed by atoms with van der Waals surface area (Å²) in [6, 6.07) is 154. The van der Waals surface area contributed by atoms with Crippen molar-refractivity contribution in [1.29, 1.82) is 0 Å². The van der Waals surface area contributed by atoms with E-state index in [1.165, 1.54) is 5.56 Å². The van der Waals surface area contributed by atoms with E-state index in [-0.39, 0.29) is 0 Å². The van der Waals surface area contributed by atoms with Gasteiger partial charge in [-0.2, -0.15) is 0 Å². The molecule has 0 aliphatic carbocycles. The molecule has 20 aromatic rings. The van der Waals surface area contributed by atoms with E-state index in [9.17, 15) is 0 Å². The molecule has 130 heavy (non-hydrogen) atoms. The molecule has 0 N–H and O–H groups in total. The van der Waals surface area contributed by atoms with Crippen molar-refractivity contribution in [2.45, 2.75) is 38.9 Å². The number of nitrogens with zero attached hydrogens (tertiary/aromatic N) is 8. The van der Waals surface area contributed by atoms with E-state index in [2.05, 4.69) is 378 Å². The molecule has 10 nitrogen and oxygen atoms in total. The second kappa shape index (κ2) is 38.1. The van der Waals surface area contributed by atoms with Crippen molar-refractivity contribution in [3.05, 3.63) is 466 Å². The summed E-state index contributed by atoms with van der Waals surface area (Å²) in [5, 5.41) is 0.672. The highest BCUT2D eigenvalue weighted by molar-refractivity contribution is 6.62. The number of rotatable bonds is 18. The molecule has 0 bridgehead atoms. The van der Waals surface area contributed by atoms with Crippen molar-refractivity contribution in [2.24, 2.45) is 0 Å². The molecule has 0 radical (unpaired) electrons. The second-order valence-corrected chi connectivity index (χ2v) is 33.3. The summed E-state index contributed by atoms with van der Waals surface area (Å²) < 4.78 is 13.1. The minimum atomic E-state index is -0.547. The highest BCUT2D eigenvalue weighted by atomic mass is 35.5. The van der Waals surface area contributed by atoms with E-state index in [0.717, 1.165) is 156 Å². The van der Waals surface area contributed by atoms with E-state index in [1.807, 2.05) is 109 Å². The Morgan fingerprint density at radius 1 is 0.192 bits per heavy atom. The first-order valence-electron chi connectivity index (χ1n) is 43.6. The first-order valence-corrected chi connectivity index (χ1v) is 44.0. The van der Waals surface area contributed by atoms with Gasteiger partial charge in [0.1, 0.15) is 0 Å². The highest BCUT2D eigenvalue weighted by Gasteiger charge is 2.52. The molecular weight excluding hydrogens is 1610 g/mol. The molecule has 0 spiro atoms. The SMILES string of the molecule is CC1(C)OB(c2cc(-c3ccccc3)cc(-c3nc(-c4ccc(-c5ccccc5)cc4)nc(-c4ccc(-c5ccccc5)cc4)n3)c2)OC1(C)C.Clc1cccnc1-c1ccccc1-c1ccccc1.c1ccc(-c2ccc(-c3nc(-c4ccc(-c5ccccc5)cc4)nc(-c4cc(-c5ccccc5)cc(-c5cccnc5-c5ccccc5-c5ccccc5)c4)n3)cc2)cc1. The van der Waals surface area contributed by atoms with Gasteiger partial charge in [-0.05, 0) is 170 Å². The average molecular weight is 1700 g/mol. The zero-order valence-corrected chi connectivity index (χ0v) is 73.0. The van der Waals surface area contributed by atoms with Crippen molar-refractivity contribution < 1.29 is 9.31 Å². The molecule has 4 aromatic heterocycles. The van der Waals surface area contributed by atoms with Crippen molar-refractivity contribution in [2.75, 3.05) is 0 Å². The van der Waals surface area contributed by atoms with Crippen LogP contribution in [0.4, 0.5) is 0 Å².